The quantitative estimate of drug-likeness (QED) is 0.0631. The molecule has 1 unspecified atom stereocenters. The monoisotopic (exact) mass is 582 g/mol. The van der Waals surface area contributed by atoms with Crippen LogP contribution in [-0.4, -0.2) is 31.7 Å². The number of rotatable bonds is 32. The van der Waals surface area contributed by atoms with Gasteiger partial charge in [-0.2, -0.15) is 0 Å². The first-order valence-corrected chi connectivity index (χ1v) is 18.1. The van der Waals surface area contributed by atoms with Gasteiger partial charge in [-0.15, -0.1) is 0 Å². The van der Waals surface area contributed by atoms with Crippen LogP contribution >= 0.6 is 0 Å². The van der Waals surface area contributed by atoms with Gasteiger partial charge in [-0.05, 0) is 44.6 Å². The van der Waals surface area contributed by atoms with E-state index in [1.54, 1.807) is 0 Å². The van der Waals surface area contributed by atoms with E-state index >= 15 is 0 Å². The van der Waals surface area contributed by atoms with Crippen molar-refractivity contribution in [3.05, 3.63) is 0 Å². The van der Waals surface area contributed by atoms with E-state index in [2.05, 4.69) is 20.8 Å². The number of ether oxygens (including phenoxy) is 2. The van der Waals surface area contributed by atoms with E-state index < -0.39 is 0 Å². The molecule has 0 spiro atoms. The first-order valence-electron chi connectivity index (χ1n) is 18.1. The highest BCUT2D eigenvalue weighted by atomic mass is 16.5. The van der Waals surface area contributed by atoms with E-state index in [0.717, 1.165) is 51.4 Å². The molecule has 0 aliphatic rings. The highest BCUT2D eigenvalue weighted by Crippen LogP contribution is 2.21. The topological polar surface area (TPSA) is 78.6 Å². The molecule has 0 aliphatic heterocycles. The summed E-state index contributed by atoms with van der Waals surface area (Å²) in [7, 11) is 0. The number of unbranched alkanes of at least 4 members (excludes halogenated alkanes) is 18. The third-order valence-electron chi connectivity index (χ3n) is 8.52. The van der Waals surface area contributed by atoms with Crippen molar-refractivity contribution in [2.24, 2.45) is 17.6 Å². The van der Waals surface area contributed by atoms with Crippen LogP contribution in [0.25, 0.3) is 0 Å². The molecule has 0 aliphatic carbocycles. The molecule has 41 heavy (non-hydrogen) atoms. The molecule has 0 fully saturated rings. The van der Waals surface area contributed by atoms with E-state index in [1.165, 1.54) is 109 Å². The van der Waals surface area contributed by atoms with E-state index in [1.807, 2.05) is 0 Å². The van der Waals surface area contributed by atoms with Crippen molar-refractivity contribution < 1.29 is 19.1 Å². The minimum Gasteiger partial charge on any atom is -0.466 e. The van der Waals surface area contributed by atoms with Gasteiger partial charge in [-0.1, -0.05) is 149 Å². The van der Waals surface area contributed by atoms with Crippen molar-refractivity contribution in [2.75, 3.05) is 19.8 Å². The van der Waals surface area contributed by atoms with Gasteiger partial charge < -0.3 is 15.2 Å². The van der Waals surface area contributed by atoms with Crippen LogP contribution in [0.1, 0.15) is 188 Å². The molecule has 0 aromatic carbocycles. The maximum atomic E-state index is 13.0. The highest BCUT2D eigenvalue weighted by molar-refractivity contribution is 5.72. The van der Waals surface area contributed by atoms with Gasteiger partial charge >= 0.3 is 11.9 Å². The second-order valence-electron chi connectivity index (χ2n) is 12.5. The van der Waals surface area contributed by atoms with Gasteiger partial charge in [0, 0.05) is 6.42 Å². The minimum absolute atomic E-state index is 0.0183. The zero-order valence-corrected chi connectivity index (χ0v) is 27.9. The number of esters is 2. The van der Waals surface area contributed by atoms with Gasteiger partial charge in [0.1, 0.15) is 0 Å². The van der Waals surface area contributed by atoms with E-state index in [-0.39, 0.29) is 23.8 Å². The molecule has 0 aromatic heterocycles. The second kappa shape index (κ2) is 31.8. The van der Waals surface area contributed by atoms with Gasteiger partial charge in [0.25, 0.3) is 0 Å². The molecular weight excluding hydrogens is 510 g/mol. The molecule has 0 radical (unpaired) electrons. The van der Waals surface area contributed by atoms with Crippen LogP contribution in [0.4, 0.5) is 0 Å². The molecule has 0 amide bonds. The minimum atomic E-state index is -0.0950. The Morgan fingerprint density at radius 3 is 1.34 bits per heavy atom. The number of carbonyl (C=O) groups excluding carboxylic acids is 2. The number of carbonyl (C=O) groups is 2. The molecule has 244 valence electrons. The lowest BCUT2D eigenvalue weighted by Gasteiger charge is -2.18. The fourth-order valence-corrected chi connectivity index (χ4v) is 5.54. The molecule has 0 rings (SSSR count). The lowest BCUT2D eigenvalue weighted by atomic mass is 9.94. The average molecular weight is 582 g/mol. The molecule has 0 heterocycles. The van der Waals surface area contributed by atoms with Crippen molar-refractivity contribution in [3.63, 3.8) is 0 Å². The van der Waals surface area contributed by atoms with Crippen LogP contribution in [0.2, 0.25) is 0 Å². The molecule has 1 atom stereocenters. The summed E-state index contributed by atoms with van der Waals surface area (Å²) >= 11 is 0. The zero-order valence-electron chi connectivity index (χ0n) is 27.9. The van der Waals surface area contributed by atoms with Crippen LogP contribution in [-0.2, 0) is 19.1 Å². The predicted molar refractivity (Wildman–Crippen MR) is 175 cm³/mol. The molecule has 5 nitrogen and oxygen atoms in total. The maximum Gasteiger partial charge on any atom is 0.308 e. The molecule has 0 aromatic rings. The van der Waals surface area contributed by atoms with E-state index in [4.69, 9.17) is 15.2 Å². The summed E-state index contributed by atoms with van der Waals surface area (Å²) in [6.07, 6.45) is 30.0. The summed E-state index contributed by atoms with van der Waals surface area (Å²) in [5.74, 6) is 0.127. The lowest BCUT2D eigenvalue weighted by molar-refractivity contribution is -0.149. The Kier molecular flexibility index (Phi) is 31.0. The van der Waals surface area contributed by atoms with Gasteiger partial charge in [-0.25, -0.2) is 0 Å². The van der Waals surface area contributed by atoms with E-state index in [0.29, 0.717) is 26.2 Å². The normalized spacial score (nSPS) is 12.1. The third-order valence-corrected chi connectivity index (χ3v) is 8.52. The van der Waals surface area contributed by atoms with Crippen LogP contribution in [0.5, 0.6) is 0 Å². The van der Waals surface area contributed by atoms with Crippen LogP contribution in [0.3, 0.4) is 0 Å². The fraction of sp³-hybridized carbons (Fsp3) is 0.944. The summed E-state index contributed by atoms with van der Waals surface area (Å²) in [6, 6.07) is 0. The highest BCUT2D eigenvalue weighted by Gasteiger charge is 2.20. The summed E-state index contributed by atoms with van der Waals surface area (Å²) in [5, 5.41) is 0. The first-order chi connectivity index (χ1) is 20.1. The molecular formula is C36H71NO4. The summed E-state index contributed by atoms with van der Waals surface area (Å²) in [5.41, 5.74) is 5.98. The van der Waals surface area contributed by atoms with E-state index in [9.17, 15) is 9.59 Å². The van der Waals surface area contributed by atoms with Crippen molar-refractivity contribution in [2.45, 2.75) is 188 Å². The average Bonchev–Trinajstić information content (AvgIpc) is 2.97. The van der Waals surface area contributed by atoms with Gasteiger partial charge in [0.2, 0.25) is 0 Å². The van der Waals surface area contributed by atoms with Crippen LogP contribution < -0.4 is 5.73 Å². The fourth-order valence-electron chi connectivity index (χ4n) is 5.54. The lowest BCUT2D eigenvalue weighted by Crippen LogP contribution is -2.23. The molecule has 5 heteroatoms. The third kappa shape index (κ3) is 27.5. The first kappa shape index (κ1) is 39.9. The maximum absolute atomic E-state index is 13.0. The smallest absolute Gasteiger partial charge is 0.308 e. The SMILES string of the molecule is CCCCCCCCCCCC(=O)OCCC(CN)CCOC(=O)C(CCCCCCCC)CCCCCCCC. The van der Waals surface area contributed by atoms with Gasteiger partial charge in [0.15, 0.2) is 0 Å². The number of hydrogen-bond acceptors (Lipinski definition) is 5. The number of nitrogens with two attached hydrogens (primary N) is 1. The van der Waals surface area contributed by atoms with Crippen molar-refractivity contribution in [3.8, 4) is 0 Å². The number of hydrogen-bond donors (Lipinski definition) is 1. The van der Waals surface area contributed by atoms with Crippen molar-refractivity contribution in [1.82, 2.24) is 0 Å². The molecule has 2 N–H and O–H groups in total. The largest absolute Gasteiger partial charge is 0.466 e. The summed E-state index contributed by atoms with van der Waals surface area (Å²) < 4.78 is 11.2. The summed E-state index contributed by atoms with van der Waals surface area (Å²) in [4.78, 5) is 25.0. The zero-order chi connectivity index (χ0) is 30.2. The summed E-state index contributed by atoms with van der Waals surface area (Å²) in [6.45, 7) is 8.08. The molecule has 0 saturated heterocycles. The Bertz CT molecular complexity index is 552. The van der Waals surface area contributed by atoms with Crippen LogP contribution in [0, 0.1) is 11.8 Å². The van der Waals surface area contributed by atoms with Crippen molar-refractivity contribution in [1.29, 1.82) is 0 Å². The predicted octanol–water partition coefficient (Wildman–Crippen LogP) is 10.5. The van der Waals surface area contributed by atoms with Gasteiger partial charge in [-0.3, -0.25) is 9.59 Å². The van der Waals surface area contributed by atoms with Crippen molar-refractivity contribution >= 4 is 11.9 Å². The second-order valence-corrected chi connectivity index (χ2v) is 12.5. The Morgan fingerprint density at radius 1 is 0.512 bits per heavy atom. The Hall–Kier alpha value is -1.10. The Balaban J connectivity index is 4.15. The Labute approximate surface area is 255 Å². The standard InChI is InChI=1S/C36H71NO4/c1-4-7-10-13-16-17-18-21-24-27-35(38)40-30-28-33(32-37)29-31-41-36(39)34(25-22-19-14-11-8-5-2)26-23-20-15-12-9-6-3/h33-34H,4-32,37H2,1-3H3. The molecule has 0 bridgehead atoms. The van der Waals surface area contributed by atoms with Crippen LogP contribution in [0.15, 0.2) is 0 Å². The Morgan fingerprint density at radius 2 is 0.902 bits per heavy atom. The molecule has 0 saturated carbocycles. The van der Waals surface area contributed by atoms with Gasteiger partial charge in [0.05, 0.1) is 19.1 Å².